The van der Waals surface area contributed by atoms with E-state index in [1.807, 2.05) is 0 Å². The highest BCUT2D eigenvalue weighted by molar-refractivity contribution is 5.30. The Kier molecular flexibility index (Phi) is 7.82. The Balaban J connectivity index is 1.95. The lowest BCUT2D eigenvalue weighted by Gasteiger charge is -2.44. The highest BCUT2D eigenvalue weighted by atomic mass is 19.4. The van der Waals surface area contributed by atoms with Crippen LogP contribution in [-0.2, 0) is 12.4 Å². The zero-order valence-electron chi connectivity index (χ0n) is 19.2. The van der Waals surface area contributed by atoms with Gasteiger partial charge in [0, 0.05) is 12.1 Å². The third-order valence-corrected chi connectivity index (χ3v) is 6.57. The molecule has 0 aromatic heterocycles. The minimum atomic E-state index is -4.39. The smallest absolute Gasteiger partial charge is 0.289 e. The fraction of sp³-hybridized carbons (Fsp3) is 0.538. The quantitative estimate of drug-likeness (QED) is 0.381. The van der Waals surface area contributed by atoms with Gasteiger partial charge in [-0.05, 0) is 79.5 Å². The predicted octanol–water partition coefficient (Wildman–Crippen LogP) is 8.67. The summed E-state index contributed by atoms with van der Waals surface area (Å²) in [7, 11) is 0. The van der Waals surface area contributed by atoms with Crippen molar-refractivity contribution in [2.75, 3.05) is 6.54 Å². The molecular formula is C26H31F6N. The Hall–Kier alpha value is -2.02. The van der Waals surface area contributed by atoms with E-state index in [0.29, 0.717) is 11.8 Å². The molecular weight excluding hydrogens is 440 g/mol. The van der Waals surface area contributed by atoms with Crippen molar-refractivity contribution in [3.63, 3.8) is 0 Å². The molecule has 1 aliphatic rings. The third kappa shape index (κ3) is 6.52. The number of piperidine rings is 1. The normalized spacial score (nSPS) is 21.4. The van der Waals surface area contributed by atoms with Crippen LogP contribution in [0, 0.1) is 11.8 Å². The minimum absolute atomic E-state index is 0.0875. The number of hydrogen-bond donors (Lipinski definition) is 0. The SMILES string of the molecule is CC(C)CC[C@@H](c1ccc(C(F)(F)F)cc1)N1CC[C@H](C)C[C@@H]1c1ccc(C(F)(F)F)cc1. The number of likely N-dealkylation sites (tertiary alicyclic amines) is 1. The highest BCUT2D eigenvalue weighted by Crippen LogP contribution is 2.43. The topological polar surface area (TPSA) is 3.24 Å². The fourth-order valence-electron chi connectivity index (χ4n) is 4.66. The number of nitrogens with zero attached hydrogens (tertiary/aromatic N) is 1. The van der Waals surface area contributed by atoms with E-state index in [1.54, 1.807) is 24.3 Å². The van der Waals surface area contributed by atoms with Crippen molar-refractivity contribution >= 4 is 0 Å². The second-order valence-corrected chi connectivity index (χ2v) is 9.61. The van der Waals surface area contributed by atoms with Gasteiger partial charge in [-0.2, -0.15) is 26.3 Å². The van der Waals surface area contributed by atoms with Crippen LogP contribution in [0.5, 0.6) is 0 Å². The van der Waals surface area contributed by atoms with Gasteiger partial charge in [-0.15, -0.1) is 0 Å². The van der Waals surface area contributed by atoms with Crippen molar-refractivity contribution < 1.29 is 26.3 Å². The lowest BCUT2D eigenvalue weighted by atomic mass is 9.84. The Morgan fingerprint density at radius 2 is 1.33 bits per heavy atom. The van der Waals surface area contributed by atoms with Gasteiger partial charge in [0.25, 0.3) is 0 Å². The van der Waals surface area contributed by atoms with Crippen molar-refractivity contribution in [3.8, 4) is 0 Å². The van der Waals surface area contributed by atoms with Gasteiger partial charge in [0.15, 0.2) is 0 Å². The van der Waals surface area contributed by atoms with E-state index < -0.39 is 23.5 Å². The summed E-state index contributed by atoms with van der Waals surface area (Å²) in [5, 5.41) is 0. The van der Waals surface area contributed by atoms with Crippen LogP contribution in [0.15, 0.2) is 48.5 Å². The van der Waals surface area contributed by atoms with E-state index in [-0.39, 0.29) is 12.1 Å². The average molecular weight is 472 g/mol. The Labute approximate surface area is 191 Å². The molecule has 3 rings (SSSR count). The summed E-state index contributed by atoms with van der Waals surface area (Å²) in [6.45, 7) is 7.09. The molecule has 3 atom stereocenters. The molecule has 1 heterocycles. The molecule has 1 nitrogen and oxygen atoms in total. The van der Waals surface area contributed by atoms with Gasteiger partial charge < -0.3 is 0 Å². The van der Waals surface area contributed by atoms with E-state index in [2.05, 4.69) is 25.7 Å². The summed E-state index contributed by atoms with van der Waals surface area (Å²) in [4.78, 5) is 2.29. The first-order chi connectivity index (χ1) is 15.4. The number of hydrogen-bond acceptors (Lipinski definition) is 1. The van der Waals surface area contributed by atoms with Crippen LogP contribution >= 0.6 is 0 Å². The van der Waals surface area contributed by atoms with Gasteiger partial charge >= 0.3 is 12.4 Å². The minimum Gasteiger partial charge on any atom is -0.289 e. The molecule has 182 valence electrons. The van der Waals surface area contributed by atoms with Crippen LogP contribution in [0.1, 0.15) is 80.8 Å². The van der Waals surface area contributed by atoms with E-state index in [0.717, 1.165) is 67.6 Å². The van der Waals surface area contributed by atoms with E-state index in [1.165, 1.54) is 0 Å². The van der Waals surface area contributed by atoms with Crippen molar-refractivity contribution in [2.24, 2.45) is 11.8 Å². The molecule has 0 N–H and O–H groups in total. The molecule has 0 amide bonds. The summed E-state index contributed by atoms with van der Waals surface area (Å²) in [5.74, 6) is 0.835. The first-order valence-corrected chi connectivity index (χ1v) is 11.5. The summed E-state index contributed by atoms with van der Waals surface area (Å²) < 4.78 is 78.4. The van der Waals surface area contributed by atoms with E-state index in [9.17, 15) is 26.3 Å². The Bertz CT molecular complexity index is 883. The lowest BCUT2D eigenvalue weighted by Crippen LogP contribution is -2.39. The van der Waals surface area contributed by atoms with E-state index >= 15 is 0 Å². The number of rotatable bonds is 6. The van der Waals surface area contributed by atoms with Gasteiger partial charge in [0.05, 0.1) is 11.1 Å². The monoisotopic (exact) mass is 471 g/mol. The first-order valence-electron chi connectivity index (χ1n) is 11.5. The first kappa shape index (κ1) is 25.6. The largest absolute Gasteiger partial charge is 0.416 e. The zero-order valence-corrected chi connectivity index (χ0v) is 19.2. The van der Waals surface area contributed by atoms with Crippen LogP contribution < -0.4 is 0 Å². The van der Waals surface area contributed by atoms with Gasteiger partial charge in [-0.1, -0.05) is 45.0 Å². The molecule has 2 aromatic rings. The lowest BCUT2D eigenvalue weighted by molar-refractivity contribution is -0.138. The number of alkyl halides is 6. The molecule has 2 aromatic carbocycles. The zero-order chi connectivity index (χ0) is 24.4. The van der Waals surface area contributed by atoms with Crippen LogP contribution in [-0.4, -0.2) is 11.4 Å². The maximum Gasteiger partial charge on any atom is 0.416 e. The fourth-order valence-corrected chi connectivity index (χ4v) is 4.66. The third-order valence-electron chi connectivity index (χ3n) is 6.57. The number of halogens is 6. The average Bonchev–Trinajstić information content (AvgIpc) is 2.73. The van der Waals surface area contributed by atoms with Crippen molar-refractivity contribution in [3.05, 3.63) is 70.8 Å². The van der Waals surface area contributed by atoms with Crippen LogP contribution in [0.2, 0.25) is 0 Å². The standard InChI is InChI=1S/C26H31F6N/c1-17(2)4-13-23(19-5-9-21(10-6-19)25(27,28)29)33-15-14-18(3)16-24(33)20-7-11-22(12-8-20)26(30,31)32/h5-12,17-18,23-24H,4,13-16H2,1-3H3/t18-,23-,24+/m0/s1. The maximum atomic E-state index is 13.1. The van der Waals surface area contributed by atoms with Crippen molar-refractivity contribution in [1.82, 2.24) is 4.90 Å². The molecule has 1 saturated heterocycles. The highest BCUT2D eigenvalue weighted by Gasteiger charge is 2.36. The van der Waals surface area contributed by atoms with Crippen molar-refractivity contribution in [2.45, 2.75) is 70.9 Å². The summed E-state index contributed by atoms with van der Waals surface area (Å²) in [6, 6.07) is 10.5. The van der Waals surface area contributed by atoms with Gasteiger partial charge in [0.2, 0.25) is 0 Å². The molecule has 0 bridgehead atoms. The maximum absolute atomic E-state index is 13.1. The van der Waals surface area contributed by atoms with Crippen LogP contribution in [0.3, 0.4) is 0 Å². The molecule has 0 spiro atoms. The van der Waals surface area contributed by atoms with Crippen molar-refractivity contribution in [1.29, 1.82) is 0 Å². The molecule has 1 fully saturated rings. The molecule has 0 radical (unpaired) electrons. The van der Waals surface area contributed by atoms with Crippen LogP contribution in [0.4, 0.5) is 26.3 Å². The van der Waals surface area contributed by atoms with Gasteiger partial charge in [-0.3, -0.25) is 4.90 Å². The van der Waals surface area contributed by atoms with Crippen LogP contribution in [0.25, 0.3) is 0 Å². The second-order valence-electron chi connectivity index (χ2n) is 9.61. The molecule has 7 heteroatoms. The Morgan fingerprint density at radius 1 is 0.818 bits per heavy atom. The molecule has 1 aliphatic heterocycles. The molecule has 33 heavy (non-hydrogen) atoms. The summed E-state index contributed by atoms with van der Waals surface area (Å²) in [6.07, 6.45) is -5.38. The summed E-state index contributed by atoms with van der Waals surface area (Å²) >= 11 is 0. The molecule has 0 aliphatic carbocycles. The van der Waals surface area contributed by atoms with Gasteiger partial charge in [0.1, 0.15) is 0 Å². The molecule has 0 unspecified atom stereocenters. The number of benzene rings is 2. The second kappa shape index (κ2) is 10.1. The van der Waals surface area contributed by atoms with Gasteiger partial charge in [-0.25, -0.2) is 0 Å². The predicted molar refractivity (Wildman–Crippen MR) is 118 cm³/mol. The Morgan fingerprint density at radius 3 is 1.82 bits per heavy atom. The summed E-state index contributed by atoms with van der Waals surface area (Å²) in [5.41, 5.74) is 0.271. The van der Waals surface area contributed by atoms with E-state index in [4.69, 9.17) is 0 Å². The molecule has 0 saturated carbocycles.